The first-order valence-electron chi connectivity index (χ1n) is 10.9. The largest absolute Gasteiger partial charge is 0.383 e. The highest BCUT2D eigenvalue weighted by Gasteiger charge is 2.18. The van der Waals surface area contributed by atoms with Crippen LogP contribution in [0.5, 0.6) is 0 Å². The minimum absolute atomic E-state index is 0.140. The Hall–Kier alpha value is -4.05. The Morgan fingerprint density at radius 3 is 2.60 bits per heavy atom. The first kappa shape index (κ1) is 24.1. The number of benzene rings is 2. The molecule has 0 spiro atoms. The Morgan fingerprint density at radius 1 is 1.11 bits per heavy atom. The van der Waals surface area contributed by atoms with Crippen LogP contribution in [0.25, 0.3) is 22.3 Å². The molecule has 0 radical (unpaired) electrons. The number of pyridine rings is 1. The van der Waals surface area contributed by atoms with Gasteiger partial charge in [0.1, 0.15) is 11.6 Å². The number of halogens is 1. The van der Waals surface area contributed by atoms with E-state index >= 15 is 0 Å². The van der Waals surface area contributed by atoms with Crippen LogP contribution >= 0.6 is 0 Å². The molecule has 2 aromatic heterocycles. The van der Waals surface area contributed by atoms with Gasteiger partial charge >= 0.3 is 0 Å². The number of thiol groups is 1. The molecule has 0 unspecified atom stereocenters. The average molecular weight is 494 g/mol. The lowest BCUT2D eigenvalue weighted by atomic mass is 10.0. The molecule has 1 amide bonds. The van der Waals surface area contributed by atoms with Crippen molar-refractivity contribution in [3.05, 3.63) is 84.1 Å². The molecule has 0 bridgehead atoms. The molecule has 180 valence electrons. The Kier molecular flexibility index (Phi) is 6.92. The predicted molar refractivity (Wildman–Crippen MR) is 132 cm³/mol. The predicted octanol–water partition coefficient (Wildman–Crippen LogP) is 3.81. The number of nitrogens with zero attached hydrogens (tertiary/aromatic N) is 3. The smallest absolute Gasteiger partial charge is 0.254 e. The van der Waals surface area contributed by atoms with Crippen molar-refractivity contribution in [3.63, 3.8) is 0 Å². The summed E-state index contributed by atoms with van der Waals surface area (Å²) in [5.41, 5.74) is 9.18. The number of aryl methyl sites for hydroxylation is 1. The van der Waals surface area contributed by atoms with Gasteiger partial charge in [-0.15, -0.1) is 0 Å². The molecule has 35 heavy (non-hydrogen) atoms. The van der Waals surface area contributed by atoms with E-state index in [1.165, 1.54) is 24.3 Å². The fraction of sp³-hybridized carbons (Fsp3) is 0.160. The molecule has 10 heteroatoms. The lowest BCUT2D eigenvalue weighted by Crippen LogP contribution is -2.27. The zero-order valence-corrected chi connectivity index (χ0v) is 20.0. The van der Waals surface area contributed by atoms with E-state index in [0.717, 1.165) is 17.7 Å². The highest BCUT2D eigenvalue weighted by atomic mass is 32.2. The highest BCUT2D eigenvalue weighted by molar-refractivity contribution is 7.72. The Balaban J connectivity index is 1.57. The second kappa shape index (κ2) is 10.1. The number of nitrogens with two attached hydrogens (primary N) is 1. The van der Waals surface area contributed by atoms with Gasteiger partial charge in [0.15, 0.2) is 10.7 Å². The van der Waals surface area contributed by atoms with Crippen LogP contribution in [0, 0.1) is 5.82 Å². The standard InChI is InChI=1S/C25H24FN5O3S/c1-3-31-14-19(13-29-31)18-10-22(24(27)28-12-18)17-7-8-21(23(26)11-17)25(32)30-15(2)16-5-4-6-20(9-16)35(33)34/h4-15,35H,3H2,1-2H3,(H2,27,28)(H,30,32)/t15-/m1/s1. The second-order valence-electron chi connectivity index (χ2n) is 7.98. The Morgan fingerprint density at radius 2 is 1.91 bits per heavy atom. The zero-order chi connectivity index (χ0) is 25.1. The summed E-state index contributed by atoms with van der Waals surface area (Å²) >= 11 is 0. The third-order valence-corrected chi connectivity index (χ3v) is 6.36. The topological polar surface area (TPSA) is 120 Å². The van der Waals surface area contributed by atoms with E-state index in [9.17, 15) is 17.6 Å². The molecular weight excluding hydrogens is 469 g/mol. The van der Waals surface area contributed by atoms with E-state index < -0.39 is 28.5 Å². The summed E-state index contributed by atoms with van der Waals surface area (Å²) in [7, 11) is -2.74. The molecule has 4 aromatic rings. The number of hydrogen-bond donors (Lipinski definition) is 3. The number of nitrogens with one attached hydrogen (secondary N) is 1. The van der Waals surface area contributed by atoms with Crippen LogP contribution in [0.3, 0.4) is 0 Å². The van der Waals surface area contributed by atoms with E-state index in [2.05, 4.69) is 15.4 Å². The lowest BCUT2D eigenvalue weighted by Gasteiger charge is -2.15. The number of aromatic nitrogens is 3. The number of hydrogen-bond acceptors (Lipinski definition) is 6. The van der Waals surface area contributed by atoms with Crippen LogP contribution < -0.4 is 11.1 Å². The third-order valence-electron chi connectivity index (χ3n) is 5.66. The highest BCUT2D eigenvalue weighted by Crippen LogP contribution is 2.30. The van der Waals surface area contributed by atoms with Crippen molar-refractivity contribution in [1.82, 2.24) is 20.1 Å². The molecule has 0 saturated carbocycles. The van der Waals surface area contributed by atoms with Gasteiger partial charge in [-0.05, 0) is 55.3 Å². The van der Waals surface area contributed by atoms with Crippen LogP contribution in [0.15, 0.2) is 72.0 Å². The monoisotopic (exact) mass is 493 g/mol. The van der Waals surface area contributed by atoms with Crippen molar-refractivity contribution < 1.29 is 17.6 Å². The average Bonchev–Trinajstić information content (AvgIpc) is 3.33. The molecule has 0 aliphatic rings. The number of nitrogen functional groups attached to an aromatic ring is 1. The van der Waals surface area contributed by atoms with Crippen molar-refractivity contribution in [1.29, 1.82) is 0 Å². The van der Waals surface area contributed by atoms with E-state index in [1.807, 2.05) is 19.2 Å². The summed E-state index contributed by atoms with van der Waals surface area (Å²) in [6, 6.07) is 11.7. The maximum absolute atomic E-state index is 15.0. The van der Waals surface area contributed by atoms with Gasteiger partial charge in [0.2, 0.25) is 0 Å². The van der Waals surface area contributed by atoms with E-state index in [1.54, 1.807) is 42.2 Å². The van der Waals surface area contributed by atoms with Crippen molar-refractivity contribution in [2.75, 3.05) is 5.73 Å². The summed E-state index contributed by atoms with van der Waals surface area (Å²) in [6.07, 6.45) is 5.24. The maximum atomic E-state index is 15.0. The van der Waals surface area contributed by atoms with Gasteiger partial charge in [-0.2, -0.15) is 5.10 Å². The first-order valence-corrected chi connectivity index (χ1v) is 12.1. The van der Waals surface area contributed by atoms with Crippen molar-refractivity contribution in [2.24, 2.45) is 0 Å². The maximum Gasteiger partial charge on any atom is 0.254 e. The van der Waals surface area contributed by atoms with Crippen LogP contribution in [0.4, 0.5) is 10.2 Å². The Bertz CT molecular complexity index is 1470. The molecule has 0 saturated heterocycles. The molecule has 2 aromatic carbocycles. The van der Waals surface area contributed by atoms with Gasteiger partial charge in [0.05, 0.1) is 22.7 Å². The van der Waals surface area contributed by atoms with E-state index in [4.69, 9.17) is 5.73 Å². The SMILES string of the molecule is CCn1cc(-c2cnc(N)c(-c3ccc(C(=O)N[C@H](C)c4cccc([SH](=O)=O)c4)c(F)c3)c2)cn1. The number of carbonyl (C=O) groups excluding carboxylic acids is 1. The molecule has 2 heterocycles. The summed E-state index contributed by atoms with van der Waals surface area (Å²) in [5.74, 6) is -1.10. The number of amides is 1. The van der Waals surface area contributed by atoms with Crippen LogP contribution in [-0.4, -0.2) is 29.1 Å². The van der Waals surface area contributed by atoms with E-state index in [0.29, 0.717) is 16.7 Å². The van der Waals surface area contributed by atoms with Gasteiger partial charge in [-0.3, -0.25) is 9.48 Å². The molecule has 0 fully saturated rings. The molecule has 3 N–H and O–H groups in total. The van der Waals surface area contributed by atoms with Crippen LogP contribution in [0.1, 0.15) is 35.8 Å². The number of carbonyl (C=O) groups is 1. The van der Waals surface area contributed by atoms with Gasteiger partial charge < -0.3 is 11.1 Å². The number of rotatable bonds is 7. The van der Waals surface area contributed by atoms with Gasteiger partial charge in [-0.1, -0.05) is 18.2 Å². The summed E-state index contributed by atoms with van der Waals surface area (Å²) in [4.78, 5) is 17.1. The van der Waals surface area contributed by atoms with Gasteiger partial charge in [0, 0.05) is 35.6 Å². The number of anilines is 1. The minimum Gasteiger partial charge on any atom is -0.383 e. The summed E-state index contributed by atoms with van der Waals surface area (Å²) in [6.45, 7) is 4.41. The summed E-state index contributed by atoms with van der Waals surface area (Å²) < 4.78 is 39.3. The molecule has 8 nitrogen and oxygen atoms in total. The fourth-order valence-electron chi connectivity index (χ4n) is 3.68. The quantitative estimate of drug-likeness (QED) is 0.337. The molecule has 4 rings (SSSR count). The van der Waals surface area contributed by atoms with Gasteiger partial charge in [0.25, 0.3) is 5.91 Å². The molecule has 0 aliphatic heterocycles. The lowest BCUT2D eigenvalue weighted by molar-refractivity contribution is 0.0936. The second-order valence-corrected chi connectivity index (χ2v) is 9.01. The van der Waals surface area contributed by atoms with Crippen molar-refractivity contribution >= 4 is 22.4 Å². The third kappa shape index (κ3) is 5.22. The Labute approximate surface area is 203 Å². The van der Waals surface area contributed by atoms with Crippen molar-refractivity contribution in [3.8, 4) is 22.3 Å². The van der Waals surface area contributed by atoms with Gasteiger partial charge in [-0.25, -0.2) is 17.8 Å². The van der Waals surface area contributed by atoms with E-state index in [-0.39, 0.29) is 16.3 Å². The van der Waals surface area contributed by atoms with Crippen LogP contribution in [-0.2, 0) is 17.2 Å². The fourth-order valence-corrected chi connectivity index (χ4v) is 4.14. The first-order chi connectivity index (χ1) is 16.8. The molecule has 1 atom stereocenters. The minimum atomic E-state index is -2.74. The zero-order valence-electron chi connectivity index (χ0n) is 19.1. The molecular formula is C25H24FN5O3S. The molecule has 0 aliphatic carbocycles. The summed E-state index contributed by atoms with van der Waals surface area (Å²) in [5, 5.41) is 6.97. The van der Waals surface area contributed by atoms with Crippen LogP contribution in [0.2, 0.25) is 0 Å². The van der Waals surface area contributed by atoms with Crippen molar-refractivity contribution in [2.45, 2.75) is 31.3 Å². The normalized spacial score (nSPS) is 12.0.